The van der Waals surface area contributed by atoms with Gasteiger partial charge >= 0.3 is 0 Å². The van der Waals surface area contributed by atoms with E-state index in [0.717, 1.165) is 0 Å². The summed E-state index contributed by atoms with van der Waals surface area (Å²) < 4.78 is 0. The number of phenolic OH excluding ortho intramolecular Hbond substituents is 6. The third-order valence-electron chi connectivity index (χ3n) is 2.33. The van der Waals surface area contributed by atoms with Crippen molar-refractivity contribution in [3.63, 3.8) is 0 Å². The van der Waals surface area contributed by atoms with E-state index in [1.165, 1.54) is 30.3 Å². The molecular weight excluding hydrogens is 252 g/mol. The highest BCUT2D eigenvalue weighted by atomic mass is 16.3. The van der Waals surface area contributed by atoms with Crippen molar-refractivity contribution in [2.45, 2.75) is 6.92 Å². The summed E-state index contributed by atoms with van der Waals surface area (Å²) >= 11 is 0. The van der Waals surface area contributed by atoms with Crippen LogP contribution in [0.1, 0.15) is 5.56 Å². The number of phenols is 6. The zero-order valence-electron chi connectivity index (χ0n) is 10.1. The lowest BCUT2D eigenvalue weighted by Gasteiger charge is -2.01. The van der Waals surface area contributed by atoms with Gasteiger partial charge in [0.1, 0.15) is 17.2 Å². The number of hydrogen-bond donors (Lipinski definition) is 6. The normalized spacial score (nSPS) is 9.53. The Morgan fingerprint density at radius 2 is 1.11 bits per heavy atom. The molecule has 6 nitrogen and oxygen atoms in total. The van der Waals surface area contributed by atoms with Crippen LogP contribution in [0.5, 0.6) is 34.5 Å². The maximum absolute atomic E-state index is 8.96. The molecule has 0 heterocycles. The number of para-hydroxylation sites is 1. The monoisotopic (exact) mass is 266 g/mol. The van der Waals surface area contributed by atoms with Crippen molar-refractivity contribution in [1.29, 1.82) is 0 Å². The summed E-state index contributed by atoms with van der Waals surface area (Å²) in [4.78, 5) is 0. The molecule has 0 bridgehead atoms. The van der Waals surface area contributed by atoms with Gasteiger partial charge < -0.3 is 30.6 Å². The fourth-order valence-electron chi connectivity index (χ4n) is 1.19. The smallest absolute Gasteiger partial charge is 0.200 e. The van der Waals surface area contributed by atoms with E-state index in [4.69, 9.17) is 30.6 Å². The van der Waals surface area contributed by atoms with Crippen LogP contribution in [0.25, 0.3) is 0 Å². The van der Waals surface area contributed by atoms with Gasteiger partial charge in [0, 0.05) is 17.7 Å². The Bertz CT molecular complexity index is 536. The molecule has 0 radical (unpaired) electrons. The van der Waals surface area contributed by atoms with Crippen molar-refractivity contribution in [1.82, 2.24) is 0 Å². The molecule has 0 aliphatic heterocycles. The second kappa shape index (κ2) is 5.72. The minimum absolute atomic E-state index is 0.0995. The largest absolute Gasteiger partial charge is 0.508 e. The molecule has 0 amide bonds. The summed E-state index contributed by atoms with van der Waals surface area (Å²) in [5, 5.41) is 52.8. The Kier molecular flexibility index (Phi) is 4.31. The molecule has 0 unspecified atom stereocenters. The first-order valence-corrected chi connectivity index (χ1v) is 5.24. The molecule has 0 spiro atoms. The Balaban J connectivity index is 0.000000191. The zero-order valence-corrected chi connectivity index (χ0v) is 10.1. The van der Waals surface area contributed by atoms with Crippen molar-refractivity contribution in [2.75, 3.05) is 0 Å². The average Bonchev–Trinajstić information content (AvgIpc) is 2.33. The van der Waals surface area contributed by atoms with Gasteiger partial charge in [0.15, 0.2) is 17.2 Å². The minimum atomic E-state index is -0.475. The SMILES string of the molecule is Cc1c(O)cc(O)cc1O.Oc1cccc(O)c1O. The molecule has 102 valence electrons. The molecule has 0 fully saturated rings. The topological polar surface area (TPSA) is 121 Å². The first-order valence-electron chi connectivity index (χ1n) is 5.24. The van der Waals surface area contributed by atoms with E-state index in [9.17, 15) is 0 Å². The maximum Gasteiger partial charge on any atom is 0.200 e. The van der Waals surface area contributed by atoms with E-state index >= 15 is 0 Å². The lowest BCUT2D eigenvalue weighted by Crippen LogP contribution is -1.75. The predicted molar refractivity (Wildman–Crippen MR) is 67.6 cm³/mol. The van der Waals surface area contributed by atoms with E-state index in [-0.39, 0.29) is 28.7 Å². The van der Waals surface area contributed by atoms with Crippen LogP contribution in [-0.4, -0.2) is 30.6 Å². The summed E-state index contributed by atoms with van der Waals surface area (Å²) in [6.45, 7) is 1.56. The van der Waals surface area contributed by atoms with Crippen LogP contribution in [0.2, 0.25) is 0 Å². The molecule has 19 heavy (non-hydrogen) atoms. The molecular formula is C13H14O6. The van der Waals surface area contributed by atoms with Gasteiger partial charge in [-0.3, -0.25) is 0 Å². The first-order chi connectivity index (χ1) is 8.82. The molecule has 2 aromatic carbocycles. The Morgan fingerprint density at radius 1 is 0.684 bits per heavy atom. The number of rotatable bonds is 0. The Morgan fingerprint density at radius 3 is 1.47 bits per heavy atom. The van der Waals surface area contributed by atoms with Crippen molar-refractivity contribution < 1.29 is 30.6 Å². The van der Waals surface area contributed by atoms with Gasteiger partial charge in [-0.2, -0.15) is 0 Å². The summed E-state index contributed by atoms with van der Waals surface area (Å²) in [6.07, 6.45) is 0. The molecule has 0 aliphatic carbocycles. The molecule has 0 aliphatic rings. The van der Waals surface area contributed by atoms with Crippen molar-refractivity contribution in [2.24, 2.45) is 0 Å². The van der Waals surface area contributed by atoms with E-state index in [1.54, 1.807) is 6.92 Å². The summed E-state index contributed by atoms with van der Waals surface area (Å²) in [6, 6.07) is 6.36. The Labute approximate surface area is 109 Å². The van der Waals surface area contributed by atoms with Gasteiger partial charge in [-0.15, -0.1) is 0 Å². The highest BCUT2D eigenvalue weighted by molar-refractivity contribution is 5.48. The lowest BCUT2D eigenvalue weighted by atomic mass is 10.2. The van der Waals surface area contributed by atoms with Crippen molar-refractivity contribution in [3.8, 4) is 34.5 Å². The summed E-state index contributed by atoms with van der Waals surface area (Å²) in [5.41, 5.74) is 0.373. The average molecular weight is 266 g/mol. The second-order valence-electron chi connectivity index (χ2n) is 3.75. The van der Waals surface area contributed by atoms with Gasteiger partial charge in [-0.25, -0.2) is 0 Å². The molecule has 2 rings (SSSR count). The lowest BCUT2D eigenvalue weighted by molar-refractivity contribution is 0.368. The number of benzene rings is 2. The Hall–Kier alpha value is -2.76. The molecule has 0 aromatic heterocycles. The number of hydrogen-bond acceptors (Lipinski definition) is 6. The molecule has 0 atom stereocenters. The third kappa shape index (κ3) is 3.60. The van der Waals surface area contributed by atoms with Crippen LogP contribution in [0.4, 0.5) is 0 Å². The van der Waals surface area contributed by atoms with E-state index in [2.05, 4.69) is 0 Å². The number of aromatic hydroxyl groups is 6. The van der Waals surface area contributed by atoms with Gasteiger partial charge in [0.2, 0.25) is 0 Å². The highest BCUT2D eigenvalue weighted by Crippen LogP contribution is 2.32. The van der Waals surface area contributed by atoms with Crippen LogP contribution in [0.15, 0.2) is 30.3 Å². The van der Waals surface area contributed by atoms with E-state index < -0.39 is 5.75 Å². The van der Waals surface area contributed by atoms with Gasteiger partial charge in [0.25, 0.3) is 0 Å². The molecule has 2 aromatic rings. The van der Waals surface area contributed by atoms with Gasteiger partial charge in [-0.05, 0) is 19.1 Å². The second-order valence-corrected chi connectivity index (χ2v) is 3.75. The maximum atomic E-state index is 8.96. The van der Waals surface area contributed by atoms with E-state index in [0.29, 0.717) is 5.56 Å². The highest BCUT2D eigenvalue weighted by Gasteiger charge is 2.03. The molecule has 0 saturated heterocycles. The third-order valence-corrected chi connectivity index (χ3v) is 2.33. The fourth-order valence-corrected chi connectivity index (χ4v) is 1.19. The molecule has 6 N–H and O–H groups in total. The fraction of sp³-hybridized carbons (Fsp3) is 0.0769. The zero-order chi connectivity index (χ0) is 14.6. The quantitative estimate of drug-likeness (QED) is 0.405. The first kappa shape index (κ1) is 14.3. The van der Waals surface area contributed by atoms with Crippen molar-refractivity contribution in [3.05, 3.63) is 35.9 Å². The van der Waals surface area contributed by atoms with Crippen LogP contribution in [0.3, 0.4) is 0 Å². The minimum Gasteiger partial charge on any atom is -0.508 e. The summed E-state index contributed by atoms with van der Waals surface area (Å²) in [7, 11) is 0. The van der Waals surface area contributed by atoms with Gasteiger partial charge in [0.05, 0.1) is 0 Å². The van der Waals surface area contributed by atoms with Crippen molar-refractivity contribution >= 4 is 0 Å². The molecule has 6 heteroatoms. The molecule has 0 saturated carbocycles. The van der Waals surface area contributed by atoms with Crippen LogP contribution in [-0.2, 0) is 0 Å². The van der Waals surface area contributed by atoms with Crippen LogP contribution >= 0.6 is 0 Å². The predicted octanol–water partition coefficient (Wildman–Crippen LogP) is 1.92. The van der Waals surface area contributed by atoms with Crippen LogP contribution in [0, 0.1) is 6.92 Å². The van der Waals surface area contributed by atoms with Gasteiger partial charge in [-0.1, -0.05) is 6.07 Å². The van der Waals surface area contributed by atoms with E-state index in [1.807, 2.05) is 0 Å². The van der Waals surface area contributed by atoms with Crippen LogP contribution < -0.4 is 0 Å². The summed E-state index contributed by atoms with van der Waals surface area (Å²) in [5.74, 6) is -1.43. The standard InChI is InChI=1S/C7H8O3.C6H6O3/c1-4-6(9)2-5(8)3-7(4)10;7-4-2-1-3-5(8)6(4)9/h2-3,8-10H,1H3;1-3,7-9H.